The predicted octanol–water partition coefficient (Wildman–Crippen LogP) is 1.79. The van der Waals surface area contributed by atoms with Crippen LogP contribution in [0.2, 0.25) is 0 Å². The molecule has 2 amide bonds. The lowest BCUT2D eigenvalue weighted by Crippen LogP contribution is -2.42. The van der Waals surface area contributed by atoms with Gasteiger partial charge in [0.25, 0.3) is 17.4 Å². The largest absolute Gasteiger partial charge is 0.358 e. The van der Waals surface area contributed by atoms with Gasteiger partial charge in [-0.05, 0) is 19.1 Å². The fourth-order valence-electron chi connectivity index (χ4n) is 3.09. The highest BCUT2D eigenvalue weighted by Crippen LogP contribution is 2.21. The van der Waals surface area contributed by atoms with Gasteiger partial charge in [-0.15, -0.1) is 0 Å². The van der Waals surface area contributed by atoms with Gasteiger partial charge in [0, 0.05) is 22.0 Å². The number of rotatable bonds is 2. The number of fused-ring (bicyclic) bond motifs is 2. The van der Waals surface area contributed by atoms with Gasteiger partial charge >= 0.3 is 0 Å². The smallest absolute Gasteiger partial charge is 0.290 e. The van der Waals surface area contributed by atoms with Crippen LogP contribution >= 0.6 is 0 Å². The maximum Gasteiger partial charge on any atom is 0.290 e. The van der Waals surface area contributed by atoms with Crippen LogP contribution < -0.4 is 16.4 Å². The number of benzene rings is 2. The monoisotopic (exact) mass is 361 g/mol. The number of nitrogens with zero attached hydrogens (tertiary/aromatic N) is 1. The number of hydrogen-bond donors (Lipinski definition) is 4. The Hall–Kier alpha value is -3.94. The summed E-state index contributed by atoms with van der Waals surface area (Å²) < 4.78 is 0. The van der Waals surface area contributed by atoms with E-state index in [1.54, 1.807) is 31.2 Å². The average molecular weight is 361 g/mol. The summed E-state index contributed by atoms with van der Waals surface area (Å²) >= 11 is 0. The fourth-order valence-corrected chi connectivity index (χ4v) is 3.09. The van der Waals surface area contributed by atoms with Gasteiger partial charge in [-0.3, -0.25) is 25.2 Å². The molecule has 0 radical (unpaired) electrons. The number of amides is 2. The number of hydrazine groups is 1. The molecule has 0 spiro atoms. The molecule has 2 heterocycles. The molecule has 0 atom stereocenters. The van der Waals surface area contributed by atoms with Crippen molar-refractivity contribution < 1.29 is 9.59 Å². The maximum atomic E-state index is 12.6. The Bertz CT molecular complexity index is 1260. The van der Waals surface area contributed by atoms with E-state index in [0.29, 0.717) is 22.0 Å². The van der Waals surface area contributed by atoms with Crippen LogP contribution in [0.25, 0.3) is 21.7 Å². The van der Waals surface area contributed by atoms with Crippen molar-refractivity contribution in [3.8, 4) is 0 Å². The first-order chi connectivity index (χ1) is 13.1. The van der Waals surface area contributed by atoms with Gasteiger partial charge in [-0.2, -0.15) is 5.10 Å². The first kappa shape index (κ1) is 16.5. The van der Waals surface area contributed by atoms with E-state index in [1.807, 2.05) is 24.3 Å². The number of para-hydroxylation sites is 1. The highest BCUT2D eigenvalue weighted by Gasteiger charge is 2.18. The molecule has 4 rings (SSSR count). The Morgan fingerprint density at radius 2 is 1.52 bits per heavy atom. The van der Waals surface area contributed by atoms with Crippen molar-refractivity contribution in [1.82, 2.24) is 26.0 Å². The van der Waals surface area contributed by atoms with E-state index in [-0.39, 0.29) is 11.3 Å². The molecule has 0 saturated carbocycles. The van der Waals surface area contributed by atoms with Crippen LogP contribution in [0.15, 0.2) is 53.3 Å². The molecule has 4 N–H and O–H groups in total. The lowest BCUT2D eigenvalue weighted by atomic mass is 10.1. The highest BCUT2D eigenvalue weighted by atomic mass is 16.2. The summed E-state index contributed by atoms with van der Waals surface area (Å²) in [5.41, 5.74) is 6.36. The molecule has 0 aliphatic rings. The first-order valence-electron chi connectivity index (χ1n) is 8.21. The van der Waals surface area contributed by atoms with Gasteiger partial charge in [0.15, 0.2) is 5.69 Å². The van der Waals surface area contributed by atoms with Crippen molar-refractivity contribution >= 4 is 33.5 Å². The van der Waals surface area contributed by atoms with Gasteiger partial charge in [0.05, 0.1) is 10.9 Å². The molecule has 0 fully saturated rings. The van der Waals surface area contributed by atoms with E-state index < -0.39 is 11.8 Å². The molecule has 0 saturated heterocycles. The van der Waals surface area contributed by atoms with Crippen LogP contribution in [0.3, 0.4) is 0 Å². The zero-order chi connectivity index (χ0) is 19.0. The van der Waals surface area contributed by atoms with Gasteiger partial charge in [-0.1, -0.05) is 36.4 Å². The van der Waals surface area contributed by atoms with Crippen molar-refractivity contribution in [2.75, 3.05) is 0 Å². The predicted molar refractivity (Wildman–Crippen MR) is 100 cm³/mol. The third kappa shape index (κ3) is 2.82. The molecule has 0 unspecified atom stereocenters. The molecule has 27 heavy (non-hydrogen) atoms. The van der Waals surface area contributed by atoms with Crippen LogP contribution in [0.1, 0.15) is 26.5 Å². The van der Waals surface area contributed by atoms with Gasteiger partial charge in [0.1, 0.15) is 0 Å². The number of carbonyl (C=O) groups excluding carboxylic acids is 2. The zero-order valence-corrected chi connectivity index (χ0v) is 14.3. The Morgan fingerprint density at radius 3 is 2.30 bits per heavy atom. The molecule has 2 aromatic carbocycles. The standard InChI is InChI=1S/C19H15N5O3/c1-10-15(13-8-4-5-9-14(13)20-10)18(26)23-24-19(27)16-11-6-2-3-7-12(11)17(25)22-21-16/h2-9,20H,1H3,(H,22,25)(H,23,26)(H,24,27). The highest BCUT2D eigenvalue weighted by molar-refractivity contribution is 6.10. The zero-order valence-electron chi connectivity index (χ0n) is 14.3. The number of aromatic nitrogens is 3. The molecule has 0 aliphatic heterocycles. The van der Waals surface area contributed by atoms with Gasteiger partial charge < -0.3 is 4.98 Å². The minimum absolute atomic E-state index is 0.0150. The van der Waals surface area contributed by atoms with Crippen LogP contribution in [-0.2, 0) is 0 Å². The topological polar surface area (TPSA) is 120 Å². The summed E-state index contributed by atoms with van der Waals surface area (Å²) in [5.74, 6) is -1.08. The lowest BCUT2D eigenvalue weighted by Gasteiger charge is -2.08. The van der Waals surface area contributed by atoms with Crippen LogP contribution in [0, 0.1) is 6.92 Å². The SMILES string of the molecule is Cc1[nH]c2ccccc2c1C(=O)NNC(=O)c1n[nH]c(=O)c2ccccc12. The summed E-state index contributed by atoms with van der Waals surface area (Å²) in [5, 5.41) is 7.60. The Labute approximate surface area is 152 Å². The Morgan fingerprint density at radius 1 is 0.889 bits per heavy atom. The summed E-state index contributed by atoms with van der Waals surface area (Å²) in [7, 11) is 0. The molecule has 0 aliphatic carbocycles. The average Bonchev–Trinajstić information content (AvgIpc) is 3.02. The molecule has 0 bridgehead atoms. The first-order valence-corrected chi connectivity index (χ1v) is 8.21. The second-order valence-electron chi connectivity index (χ2n) is 6.03. The van der Waals surface area contributed by atoms with Crippen molar-refractivity contribution in [3.05, 3.63) is 75.8 Å². The third-order valence-electron chi connectivity index (χ3n) is 4.32. The molecular formula is C19H15N5O3. The minimum Gasteiger partial charge on any atom is -0.358 e. The summed E-state index contributed by atoms with van der Waals surface area (Å²) in [6, 6.07) is 14.0. The van der Waals surface area contributed by atoms with Crippen molar-refractivity contribution in [2.24, 2.45) is 0 Å². The number of H-pyrrole nitrogens is 2. The summed E-state index contributed by atoms with van der Waals surface area (Å²) in [6.07, 6.45) is 0. The van der Waals surface area contributed by atoms with Crippen molar-refractivity contribution in [3.63, 3.8) is 0 Å². The van der Waals surface area contributed by atoms with E-state index in [2.05, 4.69) is 26.0 Å². The lowest BCUT2D eigenvalue weighted by molar-refractivity contribution is 0.0845. The molecule has 8 heteroatoms. The number of nitrogens with one attached hydrogen (secondary N) is 4. The number of aryl methyl sites for hydroxylation is 1. The molecule has 2 aromatic heterocycles. The number of aromatic amines is 2. The van der Waals surface area contributed by atoms with E-state index in [4.69, 9.17) is 0 Å². The van der Waals surface area contributed by atoms with Crippen LogP contribution in [0.5, 0.6) is 0 Å². The maximum absolute atomic E-state index is 12.6. The van der Waals surface area contributed by atoms with E-state index in [9.17, 15) is 14.4 Å². The van der Waals surface area contributed by atoms with E-state index in [0.717, 1.165) is 10.9 Å². The fraction of sp³-hybridized carbons (Fsp3) is 0.0526. The molecular weight excluding hydrogens is 346 g/mol. The summed E-state index contributed by atoms with van der Waals surface area (Å²) in [6.45, 7) is 1.79. The van der Waals surface area contributed by atoms with Crippen molar-refractivity contribution in [1.29, 1.82) is 0 Å². The molecule has 4 aromatic rings. The van der Waals surface area contributed by atoms with Gasteiger partial charge in [0.2, 0.25) is 0 Å². The summed E-state index contributed by atoms with van der Waals surface area (Å²) in [4.78, 5) is 40.0. The molecule has 8 nitrogen and oxygen atoms in total. The number of hydrogen-bond acceptors (Lipinski definition) is 4. The number of carbonyl (C=O) groups is 2. The van der Waals surface area contributed by atoms with Gasteiger partial charge in [-0.25, -0.2) is 5.10 Å². The Kier molecular flexibility index (Phi) is 3.92. The van der Waals surface area contributed by atoms with E-state index in [1.165, 1.54) is 0 Å². The van der Waals surface area contributed by atoms with E-state index >= 15 is 0 Å². The Balaban J connectivity index is 1.60. The molecule has 134 valence electrons. The second kappa shape index (κ2) is 6.41. The van der Waals surface area contributed by atoms with Crippen LogP contribution in [0.4, 0.5) is 0 Å². The minimum atomic E-state index is -0.631. The van der Waals surface area contributed by atoms with Crippen LogP contribution in [-0.4, -0.2) is 27.0 Å². The van der Waals surface area contributed by atoms with Crippen molar-refractivity contribution in [2.45, 2.75) is 6.92 Å². The quantitative estimate of drug-likeness (QED) is 0.407. The normalized spacial score (nSPS) is 10.9. The second-order valence-corrected chi connectivity index (χ2v) is 6.03. The third-order valence-corrected chi connectivity index (χ3v) is 4.32.